The molecule has 4 rings (SSSR count). The first-order chi connectivity index (χ1) is 18.6. The number of hydrogen-bond donors (Lipinski definition) is 4. The Bertz CT molecular complexity index is 1450. The van der Waals surface area contributed by atoms with Crippen LogP contribution in [0.3, 0.4) is 0 Å². The molecule has 2 aromatic carbocycles. The number of nitrogens with one attached hydrogen (secondary N) is 2. The Morgan fingerprint density at radius 2 is 1.10 bits per heavy atom. The molecule has 0 spiro atoms. The number of aromatic nitrogens is 2. The van der Waals surface area contributed by atoms with E-state index in [0.29, 0.717) is 38.6 Å². The van der Waals surface area contributed by atoms with E-state index in [1.807, 2.05) is 0 Å². The van der Waals surface area contributed by atoms with Gasteiger partial charge in [0, 0.05) is 23.9 Å². The molecule has 0 unspecified atom stereocenters. The Labute approximate surface area is 241 Å². The fourth-order valence-electron chi connectivity index (χ4n) is 3.50. The molecule has 0 fully saturated rings. The van der Waals surface area contributed by atoms with E-state index in [1.54, 1.807) is 24.3 Å². The summed E-state index contributed by atoms with van der Waals surface area (Å²) >= 11 is 24.1. The second-order valence-electron chi connectivity index (χ2n) is 8.13. The van der Waals surface area contributed by atoms with Crippen molar-refractivity contribution in [3.8, 4) is 11.5 Å². The number of phenols is 2. The summed E-state index contributed by atoms with van der Waals surface area (Å²) in [4.78, 5) is 32.4. The molecular formula is C25H20Cl4N4O6. The number of alkyl carbamates (subject to hydrolysis) is 2. The Balaban J connectivity index is 1.16. The molecule has 4 aromatic rings. The van der Waals surface area contributed by atoms with Crippen molar-refractivity contribution < 1.29 is 29.3 Å². The Kier molecular flexibility index (Phi) is 9.24. The summed E-state index contributed by atoms with van der Waals surface area (Å²) in [7, 11) is 0. The van der Waals surface area contributed by atoms with Crippen LogP contribution < -0.4 is 10.6 Å². The monoisotopic (exact) mass is 612 g/mol. The maximum atomic E-state index is 12.0. The zero-order valence-corrected chi connectivity index (χ0v) is 23.0. The van der Waals surface area contributed by atoms with Crippen molar-refractivity contribution >= 4 is 80.4 Å². The third kappa shape index (κ3) is 6.96. The molecule has 14 heteroatoms. The molecule has 204 valence electrons. The molecule has 4 N–H and O–H groups in total. The van der Waals surface area contributed by atoms with Crippen LogP contribution in [0.5, 0.6) is 11.5 Å². The highest BCUT2D eigenvalue weighted by Crippen LogP contribution is 2.37. The number of phenolic OH excluding ortho intramolecular Hbond substituents is 2. The standard InChI is InChI=1S/C25H20Cl4N4O6/c26-16-8-18(28)22(34)20-14(16)4-2-12(32-20)10-38-24(36)30-6-1-7-31-25(37)39-11-13-3-5-15-17(27)9-19(29)23(35)21(15)33-13/h2-5,8-9,34-35H,1,6-7,10-11H2,(H,30,36)(H,31,37). The zero-order chi connectivity index (χ0) is 28.1. The largest absolute Gasteiger partial charge is 0.504 e. The van der Waals surface area contributed by atoms with Gasteiger partial charge in [-0.25, -0.2) is 19.6 Å². The van der Waals surface area contributed by atoms with E-state index in [9.17, 15) is 19.8 Å². The van der Waals surface area contributed by atoms with Gasteiger partial charge in [-0.2, -0.15) is 0 Å². The number of nitrogens with zero attached hydrogens (tertiary/aromatic N) is 2. The summed E-state index contributed by atoms with van der Waals surface area (Å²) in [5, 5.41) is 27.2. The maximum absolute atomic E-state index is 12.0. The Hall–Kier alpha value is -3.44. The van der Waals surface area contributed by atoms with E-state index >= 15 is 0 Å². The fraction of sp³-hybridized carbons (Fsp3) is 0.200. The fourth-order valence-corrected chi connectivity index (χ4v) is 4.53. The Morgan fingerprint density at radius 1 is 0.692 bits per heavy atom. The van der Waals surface area contributed by atoms with Crippen molar-refractivity contribution in [1.82, 2.24) is 20.6 Å². The van der Waals surface area contributed by atoms with Gasteiger partial charge in [0.25, 0.3) is 0 Å². The van der Waals surface area contributed by atoms with Crippen LogP contribution in [0.15, 0.2) is 36.4 Å². The SMILES string of the molecule is O=C(NCCCNC(=O)OCc1ccc2c(Cl)cc(Cl)c(O)c2n1)OCc1ccc2c(Cl)cc(Cl)c(O)c2n1. The van der Waals surface area contributed by atoms with Gasteiger partial charge < -0.3 is 30.3 Å². The minimum atomic E-state index is -0.682. The highest BCUT2D eigenvalue weighted by Gasteiger charge is 2.14. The highest BCUT2D eigenvalue weighted by atomic mass is 35.5. The van der Waals surface area contributed by atoms with Crippen molar-refractivity contribution in [2.24, 2.45) is 0 Å². The first-order valence-electron chi connectivity index (χ1n) is 11.4. The van der Waals surface area contributed by atoms with Gasteiger partial charge in [0.15, 0.2) is 11.5 Å². The van der Waals surface area contributed by atoms with Crippen LogP contribution >= 0.6 is 46.4 Å². The molecule has 10 nitrogen and oxygen atoms in total. The summed E-state index contributed by atoms with van der Waals surface area (Å²) in [5.74, 6) is -0.424. The molecule has 2 heterocycles. The van der Waals surface area contributed by atoms with E-state index < -0.39 is 12.2 Å². The molecule has 0 aliphatic carbocycles. The normalized spacial score (nSPS) is 11.0. The molecule has 0 atom stereocenters. The molecule has 0 bridgehead atoms. The first-order valence-corrected chi connectivity index (χ1v) is 12.9. The van der Waals surface area contributed by atoms with Crippen molar-refractivity contribution in [2.45, 2.75) is 19.6 Å². The van der Waals surface area contributed by atoms with Crippen LogP contribution in [-0.4, -0.2) is 45.5 Å². The molecule has 2 amide bonds. The van der Waals surface area contributed by atoms with Crippen LogP contribution in [-0.2, 0) is 22.7 Å². The summed E-state index contributed by atoms with van der Waals surface area (Å²) in [5.41, 5.74) is 1.18. The summed E-state index contributed by atoms with van der Waals surface area (Å²) in [6, 6.07) is 9.36. The van der Waals surface area contributed by atoms with Crippen molar-refractivity contribution in [3.05, 3.63) is 67.9 Å². The van der Waals surface area contributed by atoms with Crippen LogP contribution in [0.1, 0.15) is 17.8 Å². The molecule has 0 aliphatic heterocycles. The van der Waals surface area contributed by atoms with Gasteiger partial charge in [0.1, 0.15) is 24.2 Å². The zero-order valence-electron chi connectivity index (χ0n) is 19.9. The number of pyridine rings is 2. The lowest BCUT2D eigenvalue weighted by molar-refractivity contribution is 0.137. The average molecular weight is 614 g/mol. The maximum Gasteiger partial charge on any atom is 0.407 e. The van der Waals surface area contributed by atoms with Gasteiger partial charge in [-0.1, -0.05) is 46.4 Å². The van der Waals surface area contributed by atoms with Crippen molar-refractivity contribution in [3.63, 3.8) is 0 Å². The number of rotatable bonds is 8. The second-order valence-corrected chi connectivity index (χ2v) is 9.76. The third-order valence-corrected chi connectivity index (χ3v) is 6.62. The van der Waals surface area contributed by atoms with Gasteiger partial charge in [0.05, 0.1) is 31.5 Å². The lowest BCUT2D eigenvalue weighted by Crippen LogP contribution is -2.30. The summed E-state index contributed by atoms with van der Waals surface area (Å²) in [6.07, 6.45) is -0.958. The van der Waals surface area contributed by atoms with Gasteiger partial charge in [-0.05, 0) is 42.8 Å². The molecule has 0 saturated carbocycles. The molecule has 0 saturated heterocycles. The van der Waals surface area contributed by atoms with Crippen LogP contribution in [0, 0.1) is 0 Å². The minimum absolute atomic E-state index is 0.0645. The second kappa shape index (κ2) is 12.6. The topological polar surface area (TPSA) is 143 Å². The number of halogens is 4. The number of benzene rings is 2. The van der Waals surface area contributed by atoms with E-state index in [2.05, 4.69) is 20.6 Å². The number of ether oxygens (including phenoxy) is 2. The number of carbonyl (C=O) groups is 2. The van der Waals surface area contributed by atoms with Gasteiger partial charge in [-0.15, -0.1) is 0 Å². The predicted octanol–water partition coefficient (Wildman–Crippen LogP) is 6.35. The first kappa shape index (κ1) is 28.6. The molecule has 0 aliphatic rings. The van der Waals surface area contributed by atoms with Gasteiger partial charge in [0.2, 0.25) is 0 Å². The van der Waals surface area contributed by atoms with E-state index in [1.165, 1.54) is 12.1 Å². The average Bonchev–Trinajstić information content (AvgIpc) is 2.92. The van der Waals surface area contributed by atoms with Crippen LogP contribution in [0.2, 0.25) is 20.1 Å². The van der Waals surface area contributed by atoms with Gasteiger partial charge >= 0.3 is 12.2 Å². The van der Waals surface area contributed by atoms with Crippen LogP contribution in [0.4, 0.5) is 9.59 Å². The van der Waals surface area contributed by atoms with E-state index in [-0.39, 0.29) is 58.9 Å². The molecule has 0 radical (unpaired) electrons. The number of aromatic hydroxyl groups is 2. The molecule has 2 aromatic heterocycles. The van der Waals surface area contributed by atoms with Crippen molar-refractivity contribution in [1.29, 1.82) is 0 Å². The smallest absolute Gasteiger partial charge is 0.407 e. The molecular weight excluding hydrogens is 594 g/mol. The van der Waals surface area contributed by atoms with Crippen molar-refractivity contribution in [2.75, 3.05) is 13.1 Å². The van der Waals surface area contributed by atoms with Gasteiger partial charge in [-0.3, -0.25) is 0 Å². The van der Waals surface area contributed by atoms with E-state index in [0.717, 1.165) is 0 Å². The quantitative estimate of drug-likeness (QED) is 0.168. The summed E-state index contributed by atoms with van der Waals surface area (Å²) in [6.45, 7) is 0.163. The number of amides is 2. The number of fused-ring (bicyclic) bond motifs is 2. The predicted molar refractivity (Wildman–Crippen MR) is 148 cm³/mol. The highest BCUT2D eigenvalue weighted by molar-refractivity contribution is 6.40. The lowest BCUT2D eigenvalue weighted by Gasteiger charge is -2.10. The Morgan fingerprint density at radius 3 is 1.51 bits per heavy atom. The molecule has 39 heavy (non-hydrogen) atoms. The third-order valence-electron chi connectivity index (χ3n) is 5.42. The number of hydrogen-bond acceptors (Lipinski definition) is 8. The summed E-state index contributed by atoms with van der Waals surface area (Å²) < 4.78 is 10.3. The lowest BCUT2D eigenvalue weighted by atomic mass is 10.2. The number of carbonyl (C=O) groups excluding carboxylic acids is 2. The van der Waals surface area contributed by atoms with Crippen LogP contribution in [0.25, 0.3) is 21.8 Å². The van der Waals surface area contributed by atoms with E-state index in [4.69, 9.17) is 55.9 Å². The minimum Gasteiger partial charge on any atom is -0.504 e.